The number of hydrogen-bond donors (Lipinski definition) is 1. The molecule has 1 amide bonds. The zero-order valence-corrected chi connectivity index (χ0v) is 18.0. The molecule has 8 heteroatoms. The Hall–Kier alpha value is -3.81. The molecule has 0 bridgehead atoms. The lowest BCUT2D eigenvalue weighted by atomic mass is 9.88. The van der Waals surface area contributed by atoms with Gasteiger partial charge in [0.05, 0.1) is 10.9 Å². The normalized spacial score (nSPS) is 14.7. The summed E-state index contributed by atoms with van der Waals surface area (Å²) in [6.07, 6.45) is 3.22. The van der Waals surface area contributed by atoms with Crippen molar-refractivity contribution in [1.82, 2.24) is 19.7 Å². The van der Waals surface area contributed by atoms with Gasteiger partial charge >= 0.3 is 0 Å². The predicted octanol–water partition coefficient (Wildman–Crippen LogP) is 4.38. The van der Waals surface area contributed by atoms with Crippen molar-refractivity contribution in [3.05, 3.63) is 82.3 Å². The Morgan fingerprint density at radius 3 is 2.33 bits per heavy atom. The molecule has 1 aliphatic heterocycles. The summed E-state index contributed by atoms with van der Waals surface area (Å²) < 4.78 is 30.2. The molecule has 0 radical (unpaired) electrons. The molecule has 0 atom stereocenters. The average Bonchev–Trinajstić information content (AvgIpc) is 3.20. The number of aromatic amines is 1. The number of fused-ring (bicyclic) bond motifs is 1. The largest absolute Gasteiger partial charge is 0.343 e. The third-order valence-electron chi connectivity index (χ3n) is 6.35. The van der Waals surface area contributed by atoms with Gasteiger partial charge in [-0.1, -0.05) is 30.3 Å². The van der Waals surface area contributed by atoms with Crippen LogP contribution in [0.2, 0.25) is 0 Å². The molecule has 5 rings (SSSR count). The first-order chi connectivity index (χ1) is 15.9. The summed E-state index contributed by atoms with van der Waals surface area (Å²) in [5.74, 6) is -1.08. The number of likely N-dealkylation sites (tertiary alicyclic amines) is 1. The van der Waals surface area contributed by atoms with Crippen molar-refractivity contribution >= 4 is 16.8 Å². The Kier molecular flexibility index (Phi) is 5.28. The van der Waals surface area contributed by atoms with Gasteiger partial charge < -0.3 is 9.88 Å². The van der Waals surface area contributed by atoms with E-state index in [-0.39, 0.29) is 22.5 Å². The summed E-state index contributed by atoms with van der Waals surface area (Å²) in [7, 11) is 0. The second kappa shape index (κ2) is 8.27. The molecule has 2 aromatic heterocycles. The Balaban J connectivity index is 1.55. The van der Waals surface area contributed by atoms with Crippen LogP contribution in [0.3, 0.4) is 0 Å². The third kappa shape index (κ3) is 3.71. The summed E-state index contributed by atoms with van der Waals surface area (Å²) in [4.78, 5) is 28.7. The number of halogens is 2. The molecule has 33 heavy (non-hydrogen) atoms. The number of amides is 1. The van der Waals surface area contributed by atoms with E-state index in [9.17, 15) is 18.4 Å². The minimum atomic E-state index is -0.765. The lowest BCUT2D eigenvalue weighted by Gasteiger charge is -2.31. The lowest BCUT2D eigenvalue weighted by molar-refractivity contribution is -0.129. The fourth-order valence-corrected chi connectivity index (χ4v) is 4.58. The number of carbonyl (C=O) groups is 1. The number of H-pyrrole nitrogens is 1. The Bertz CT molecular complexity index is 1380. The quantitative estimate of drug-likeness (QED) is 0.506. The van der Waals surface area contributed by atoms with E-state index in [0.717, 1.165) is 48.3 Å². The molecule has 2 aromatic carbocycles. The van der Waals surface area contributed by atoms with Crippen molar-refractivity contribution in [2.45, 2.75) is 25.7 Å². The number of aromatic nitrogens is 3. The van der Waals surface area contributed by atoms with E-state index in [1.54, 1.807) is 13.0 Å². The molecule has 4 aromatic rings. The van der Waals surface area contributed by atoms with Crippen LogP contribution in [0.4, 0.5) is 8.78 Å². The van der Waals surface area contributed by atoms with Crippen LogP contribution in [0.5, 0.6) is 0 Å². The number of piperidine rings is 1. The van der Waals surface area contributed by atoms with Gasteiger partial charge in [-0.3, -0.25) is 9.59 Å². The number of carbonyl (C=O) groups excluding carboxylic acids is 1. The highest BCUT2D eigenvalue weighted by Crippen LogP contribution is 2.32. The summed E-state index contributed by atoms with van der Waals surface area (Å²) in [6.45, 7) is 3.06. The highest BCUT2D eigenvalue weighted by Gasteiger charge is 2.23. The number of hydrogen-bond acceptors (Lipinski definition) is 3. The van der Waals surface area contributed by atoms with Gasteiger partial charge in [0.2, 0.25) is 5.91 Å². The van der Waals surface area contributed by atoms with Gasteiger partial charge in [0, 0.05) is 31.8 Å². The van der Waals surface area contributed by atoms with E-state index >= 15 is 0 Å². The number of para-hydroxylation sites is 1. The van der Waals surface area contributed by atoms with Gasteiger partial charge in [-0.15, -0.1) is 0 Å². The van der Waals surface area contributed by atoms with Gasteiger partial charge in [-0.05, 0) is 42.5 Å². The number of nitrogens with zero attached hydrogens (tertiary/aromatic N) is 3. The minimum absolute atomic E-state index is 0.0998. The second-order valence-corrected chi connectivity index (χ2v) is 8.30. The average molecular weight is 448 g/mol. The van der Waals surface area contributed by atoms with E-state index in [4.69, 9.17) is 0 Å². The molecule has 1 saturated heterocycles. The smallest absolute Gasteiger partial charge is 0.259 e. The van der Waals surface area contributed by atoms with Crippen LogP contribution in [-0.2, 0) is 4.79 Å². The van der Waals surface area contributed by atoms with Crippen molar-refractivity contribution in [3.63, 3.8) is 0 Å². The molecular weight excluding hydrogens is 426 g/mol. The Morgan fingerprint density at radius 1 is 1.03 bits per heavy atom. The van der Waals surface area contributed by atoms with Gasteiger partial charge in [0.15, 0.2) is 11.6 Å². The fourth-order valence-electron chi connectivity index (χ4n) is 4.58. The highest BCUT2D eigenvalue weighted by atomic mass is 19.1. The molecular formula is C25H22F2N4O2. The molecule has 1 N–H and O–H groups in total. The molecule has 168 valence electrons. The van der Waals surface area contributed by atoms with Crippen LogP contribution in [0.25, 0.3) is 27.8 Å². The predicted molar refractivity (Wildman–Crippen MR) is 121 cm³/mol. The van der Waals surface area contributed by atoms with E-state index < -0.39 is 11.6 Å². The van der Waals surface area contributed by atoms with Crippen LogP contribution in [-0.4, -0.2) is 38.7 Å². The van der Waals surface area contributed by atoms with Crippen molar-refractivity contribution < 1.29 is 13.6 Å². The van der Waals surface area contributed by atoms with Crippen molar-refractivity contribution in [2.24, 2.45) is 0 Å². The number of pyridine rings is 1. The van der Waals surface area contributed by atoms with Gasteiger partial charge in [0.1, 0.15) is 11.4 Å². The number of rotatable bonds is 3. The minimum Gasteiger partial charge on any atom is -0.343 e. The van der Waals surface area contributed by atoms with E-state index in [1.165, 1.54) is 12.3 Å². The molecule has 0 unspecified atom stereocenters. The Morgan fingerprint density at radius 2 is 1.70 bits per heavy atom. The SMILES string of the molecule is CC(=O)N1CCC(c2ccc(-c3nn(-c4c(F)cccc4F)c4cc[nH]c(=O)c34)cc2)CC1. The van der Waals surface area contributed by atoms with Crippen molar-refractivity contribution in [3.8, 4) is 16.9 Å². The first-order valence-electron chi connectivity index (χ1n) is 10.8. The Labute approximate surface area is 188 Å². The molecule has 3 heterocycles. The van der Waals surface area contributed by atoms with Gasteiger partial charge in [-0.2, -0.15) is 5.10 Å². The highest BCUT2D eigenvalue weighted by molar-refractivity contribution is 5.93. The van der Waals surface area contributed by atoms with E-state index in [2.05, 4.69) is 10.1 Å². The summed E-state index contributed by atoms with van der Waals surface area (Å²) in [5.41, 5.74) is 1.79. The lowest BCUT2D eigenvalue weighted by Crippen LogP contribution is -2.36. The maximum Gasteiger partial charge on any atom is 0.259 e. The van der Waals surface area contributed by atoms with Crippen LogP contribution in [0.15, 0.2) is 59.5 Å². The summed E-state index contributed by atoms with van der Waals surface area (Å²) in [5, 5.41) is 4.72. The van der Waals surface area contributed by atoms with Gasteiger partial charge in [0.25, 0.3) is 5.56 Å². The zero-order valence-electron chi connectivity index (χ0n) is 18.0. The topological polar surface area (TPSA) is 71.0 Å². The standard InChI is InChI=1S/C25H22F2N4O2/c1-15(32)30-13-10-17(11-14-30)16-5-7-18(8-6-16)23-22-21(9-12-28-25(22)33)31(29-23)24-19(26)3-2-4-20(24)27/h2-9,12,17H,10-11,13-14H2,1H3,(H,28,33). The van der Waals surface area contributed by atoms with Crippen LogP contribution >= 0.6 is 0 Å². The van der Waals surface area contributed by atoms with E-state index in [1.807, 2.05) is 29.2 Å². The van der Waals surface area contributed by atoms with Crippen molar-refractivity contribution in [2.75, 3.05) is 13.1 Å². The van der Waals surface area contributed by atoms with Crippen LogP contribution in [0.1, 0.15) is 31.2 Å². The molecule has 6 nitrogen and oxygen atoms in total. The monoisotopic (exact) mass is 448 g/mol. The van der Waals surface area contributed by atoms with E-state index in [0.29, 0.717) is 22.7 Å². The molecule has 0 spiro atoms. The molecule has 0 saturated carbocycles. The second-order valence-electron chi connectivity index (χ2n) is 8.30. The molecule has 1 aliphatic rings. The molecule has 1 fully saturated rings. The summed E-state index contributed by atoms with van der Waals surface area (Å²) in [6, 6.07) is 12.9. The maximum absolute atomic E-state index is 14.5. The zero-order chi connectivity index (χ0) is 23.1. The first-order valence-corrected chi connectivity index (χ1v) is 10.8. The molecule has 0 aliphatic carbocycles. The number of nitrogens with one attached hydrogen (secondary N) is 1. The maximum atomic E-state index is 14.5. The van der Waals surface area contributed by atoms with Crippen LogP contribution in [0, 0.1) is 11.6 Å². The van der Waals surface area contributed by atoms with Gasteiger partial charge in [-0.25, -0.2) is 13.5 Å². The van der Waals surface area contributed by atoms with Crippen LogP contribution < -0.4 is 5.56 Å². The third-order valence-corrected chi connectivity index (χ3v) is 6.35. The van der Waals surface area contributed by atoms with Crippen molar-refractivity contribution in [1.29, 1.82) is 0 Å². The number of benzene rings is 2. The fraction of sp³-hybridized carbons (Fsp3) is 0.240. The summed E-state index contributed by atoms with van der Waals surface area (Å²) >= 11 is 0. The first kappa shape index (κ1) is 21.1.